The molecule has 1 saturated carbocycles. The highest BCUT2D eigenvalue weighted by Crippen LogP contribution is 2.46. The van der Waals surface area contributed by atoms with Crippen LogP contribution in [0.2, 0.25) is 0 Å². The number of aliphatic hydroxyl groups is 5. The zero-order valence-corrected chi connectivity index (χ0v) is 27.9. The Kier molecular flexibility index (Phi) is 14.7. The molecule has 7 N–H and O–H groups in total. The molecular formula is C33H48O11S2. The molecule has 258 valence electrons. The molecule has 1 aliphatic heterocycles. The van der Waals surface area contributed by atoms with Crippen molar-refractivity contribution in [1.29, 1.82) is 0 Å². The molecule has 0 saturated heterocycles. The molecule has 0 amide bonds. The SMILES string of the molecule is COc1cc(C[C@H]2[C@H](O)CSS[C@@H](CCO)c3cc(O)c(OC4CCCCC4)cc3CC[C@H](OCO)C[C@H]2O)cc(OCO)c1O. The molecule has 11 nitrogen and oxygen atoms in total. The summed E-state index contributed by atoms with van der Waals surface area (Å²) in [6, 6.07) is 6.73. The summed E-state index contributed by atoms with van der Waals surface area (Å²) in [7, 11) is 4.30. The summed E-state index contributed by atoms with van der Waals surface area (Å²) in [6.07, 6.45) is 4.43. The monoisotopic (exact) mass is 684 g/mol. The van der Waals surface area contributed by atoms with Crippen LogP contribution in [0.4, 0.5) is 0 Å². The lowest BCUT2D eigenvalue weighted by molar-refractivity contribution is -0.0808. The van der Waals surface area contributed by atoms with Gasteiger partial charge in [0, 0.05) is 23.5 Å². The number of methoxy groups -OCH3 is 1. The predicted molar refractivity (Wildman–Crippen MR) is 177 cm³/mol. The Morgan fingerprint density at radius 2 is 1.61 bits per heavy atom. The first-order valence-corrected chi connectivity index (χ1v) is 18.3. The van der Waals surface area contributed by atoms with Crippen LogP contribution in [0.3, 0.4) is 0 Å². The summed E-state index contributed by atoms with van der Waals surface area (Å²) >= 11 is 0. The molecule has 0 spiro atoms. The Morgan fingerprint density at radius 1 is 0.848 bits per heavy atom. The molecule has 1 aliphatic carbocycles. The third kappa shape index (κ3) is 9.96. The minimum atomic E-state index is -1.03. The minimum absolute atomic E-state index is 0.0107. The van der Waals surface area contributed by atoms with Gasteiger partial charge in [0.15, 0.2) is 29.8 Å². The lowest BCUT2D eigenvalue weighted by Crippen LogP contribution is -2.38. The summed E-state index contributed by atoms with van der Waals surface area (Å²) < 4.78 is 22.4. The normalized spacial score (nSPS) is 25.0. The molecular weight excluding hydrogens is 636 g/mol. The zero-order chi connectivity index (χ0) is 33.1. The standard InChI is InChI=1S/C33H48O11S2/c1-41-30-12-20(13-31(33(30)40)43-19-36)11-25-26(37)15-23(42-18-35)8-7-21-14-29(44-22-5-3-2-4-6-22)27(38)16-24(21)32(9-10-34)46-45-17-28(25)39/h12-14,16,22-23,25-26,28,32,34-40H,2-11,15,17-19H2,1H3/t23-,25+,26+,28+,32-/m0/s1. The first-order chi connectivity index (χ1) is 22.3. The smallest absolute Gasteiger partial charge is 0.200 e. The molecule has 0 bridgehead atoms. The second-order valence-corrected chi connectivity index (χ2v) is 14.5. The van der Waals surface area contributed by atoms with Crippen molar-refractivity contribution in [2.24, 2.45) is 5.92 Å². The van der Waals surface area contributed by atoms with Crippen molar-refractivity contribution < 1.29 is 54.7 Å². The van der Waals surface area contributed by atoms with Gasteiger partial charge >= 0.3 is 0 Å². The first kappa shape index (κ1) is 36.7. The van der Waals surface area contributed by atoms with Crippen molar-refractivity contribution in [3.8, 4) is 28.7 Å². The molecule has 4 rings (SSSR count). The molecule has 0 radical (unpaired) electrons. The fourth-order valence-electron chi connectivity index (χ4n) is 6.31. The van der Waals surface area contributed by atoms with E-state index in [2.05, 4.69) is 0 Å². The number of aromatic hydroxyl groups is 2. The van der Waals surface area contributed by atoms with Gasteiger partial charge in [-0.3, -0.25) is 0 Å². The maximum absolute atomic E-state index is 11.5. The Morgan fingerprint density at radius 3 is 2.30 bits per heavy atom. The van der Waals surface area contributed by atoms with E-state index in [4.69, 9.17) is 18.9 Å². The highest BCUT2D eigenvalue weighted by atomic mass is 33.1. The van der Waals surface area contributed by atoms with Crippen molar-refractivity contribution in [2.75, 3.05) is 33.1 Å². The van der Waals surface area contributed by atoms with E-state index in [9.17, 15) is 35.7 Å². The van der Waals surface area contributed by atoms with Crippen molar-refractivity contribution in [3.05, 3.63) is 41.0 Å². The topological polar surface area (TPSA) is 179 Å². The van der Waals surface area contributed by atoms with Crippen LogP contribution in [0.15, 0.2) is 24.3 Å². The van der Waals surface area contributed by atoms with E-state index >= 15 is 0 Å². The number of phenolic OH excluding ortho intramolecular Hbond substituents is 2. The van der Waals surface area contributed by atoms with Gasteiger partial charge in [0.1, 0.15) is 6.79 Å². The van der Waals surface area contributed by atoms with E-state index in [1.807, 2.05) is 6.07 Å². The number of hydrogen-bond acceptors (Lipinski definition) is 13. The van der Waals surface area contributed by atoms with Crippen LogP contribution in [-0.2, 0) is 17.6 Å². The number of phenols is 2. The highest BCUT2D eigenvalue weighted by Gasteiger charge is 2.32. The van der Waals surface area contributed by atoms with Crippen molar-refractivity contribution >= 4 is 21.6 Å². The number of rotatable bonds is 11. The lowest BCUT2D eigenvalue weighted by atomic mass is 9.85. The number of benzene rings is 2. The average molecular weight is 685 g/mol. The van der Waals surface area contributed by atoms with E-state index in [-0.39, 0.29) is 59.6 Å². The Hall–Kier alpha value is -2.10. The molecule has 2 aliphatic rings. The fraction of sp³-hybridized carbons (Fsp3) is 0.636. The van der Waals surface area contributed by atoms with E-state index in [1.54, 1.807) is 12.1 Å². The number of ether oxygens (including phenoxy) is 4. The summed E-state index contributed by atoms with van der Waals surface area (Å²) in [4.78, 5) is 0. The van der Waals surface area contributed by atoms with Crippen LogP contribution >= 0.6 is 21.6 Å². The Labute approximate surface area is 278 Å². The van der Waals surface area contributed by atoms with Crippen LogP contribution < -0.4 is 14.2 Å². The Balaban J connectivity index is 1.63. The zero-order valence-electron chi connectivity index (χ0n) is 26.3. The maximum Gasteiger partial charge on any atom is 0.200 e. The molecule has 13 heteroatoms. The number of aliphatic hydroxyl groups excluding tert-OH is 5. The van der Waals surface area contributed by atoms with E-state index in [0.717, 1.165) is 36.8 Å². The van der Waals surface area contributed by atoms with Crippen molar-refractivity contribution in [2.45, 2.75) is 93.9 Å². The van der Waals surface area contributed by atoms with E-state index < -0.39 is 37.8 Å². The van der Waals surface area contributed by atoms with E-state index in [1.165, 1.54) is 41.2 Å². The summed E-state index contributed by atoms with van der Waals surface area (Å²) in [5.74, 6) is -0.0776. The first-order valence-electron chi connectivity index (χ1n) is 15.9. The van der Waals surface area contributed by atoms with Crippen LogP contribution in [0.1, 0.15) is 73.3 Å². The van der Waals surface area contributed by atoms with Crippen LogP contribution in [0.25, 0.3) is 0 Å². The largest absolute Gasteiger partial charge is 0.504 e. The molecule has 1 fully saturated rings. The van der Waals surface area contributed by atoms with Crippen molar-refractivity contribution in [3.63, 3.8) is 0 Å². The van der Waals surface area contributed by atoms with Gasteiger partial charge in [-0.2, -0.15) is 0 Å². The van der Waals surface area contributed by atoms with Gasteiger partial charge < -0.3 is 54.7 Å². The maximum atomic E-state index is 11.5. The third-order valence-corrected chi connectivity index (χ3v) is 11.6. The molecule has 2 aromatic rings. The number of fused-ring (bicyclic) bond motifs is 1. The second-order valence-electron chi connectivity index (χ2n) is 11.9. The number of aryl methyl sites for hydroxylation is 1. The van der Waals surface area contributed by atoms with Gasteiger partial charge in [-0.15, -0.1) is 0 Å². The summed E-state index contributed by atoms with van der Waals surface area (Å²) in [5, 5.41) is 73.1. The Bertz CT molecular complexity index is 1230. The van der Waals surface area contributed by atoms with Crippen LogP contribution in [-0.4, -0.2) is 93.2 Å². The highest BCUT2D eigenvalue weighted by molar-refractivity contribution is 8.76. The summed E-state index contributed by atoms with van der Waals surface area (Å²) in [5.41, 5.74) is 2.40. The second kappa shape index (κ2) is 18.4. The van der Waals surface area contributed by atoms with Gasteiger partial charge in [-0.25, -0.2) is 0 Å². The molecule has 0 aromatic heterocycles. The lowest BCUT2D eigenvalue weighted by Gasteiger charge is -2.30. The molecule has 46 heavy (non-hydrogen) atoms. The molecule has 2 aromatic carbocycles. The van der Waals surface area contributed by atoms with Crippen LogP contribution in [0.5, 0.6) is 28.7 Å². The average Bonchev–Trinajstić information content (AvgIpc) is 3.05. The quantitative estimate of drug-likeness (QED) is 0.132. The molecule has 0 unspecified atom stereocenters. The fourth-order valence-corrected chi connectivity index (χ4v) is 9.21. The van der Waals surface area contributed by atoms with Gasteiger partial charge in [0.25, 0.3) is 0 Å². The van der Waals surface area contributed by atoms with Gasteiger partial charge in [-0.1, -0.05) is 28.0 Å². The van der Waals surface area contributed by atoms with Gasteiger partial charge in [-0.05, 0) is 98.7 Å². The van der Waals surface area contributed by atoms with Gasteiger partial charge in [0.2, 0.25) is 5.75 Å². The summed E-state index contributed by atoms with van der Waals surface area (Å²) in [6.45, 7) is -1.27. The van der Waals surface area contributed by atoms with Crippen LogP contribution in [0, 0.1) is 5.92 Å². The third-order valence-electron chi connectivity index (χ3n) is 8.78. The van der Waals surface area contributed by atoms with Crippen molar-refractivity contribution in [1.82, 2.24) is 0 Å². The number of hydrogen-bond donors (Lipinski definition) is 7. The molecule has 5 atom stereocenters. The van der Waals surface area contributed by atoms with Gasteiger partial charge in [0.05, 0.1) is 31.5 Å². The predicted octanol–water partition coefficient (Wildman–Crippen LogP) is 4.20. The van der Waals surface area contributed by atoms with E-state index in [0.29, 0.717) is 30.6 Å². The minimum Gasteiger partial charge on any atom is -0.504 e. The molecule has 1 heterocycles.